The third-order valence-electron chi connectivity index (χ3n) is 1.38. The van der Waals surface area contributed by atoms with Crippen LogP contribution < -0.4 is 0 Å². The smallest absolute Gasteiger partial charge is 0.152 e. The first kappa shape index (κ1) is 9.16. The summed E-state index contributed by atoms with van der Waals surface area (Å²) in [5.74, 6) is -0.290. The standard InChI is InChI=1S/C9H11FO2/c1-7(11)12-6-8-3-2-4-9(10)5-8/h2-5,7,11H,6H2,1H3. The van der Waals surface area contributed by atoms with Crippen molar-refractivity contribution in [2.75, 3.05) is 0 Å². The van der Waals surface area contributed by atoms with Crippen molar-refractivity contribution in [3.63, 3.8) is 0 Å². The van der Waals surface area contributed by atoms with E-state index in [1.807, 2.05) is 0 Å². The van der Waals surface area contributed by atoms with Crippen molar-refractivity contribution in [1.29, 1.82) is 0 Å². The number of benzene rings is 1. The zero-order chi connectivity index (χ0) is 8.97. The van der Waals surface area contributed by atoms with Gasteiger partial charge in [0, 0.05) is 0 Å². The van der Waals surface area contributed by atoms with Gasteiger partial charge in [0.15, 0.2) is 6.29 Å². The Balaban J connectivity index is 2.52. The molecule has 0 saturated carbocycles. The predicted octanol–water partition coefficient (Wildman–Crippen LogP) is 1.68. The molecule has 1 N–H and O–H groups in total. The Morgan fingerprint density at radius 1 is 1.58 bits per heavy atom. The van der Waals surface area contributed by atoms with Crippen LogP contribution in [0.3, 0.4) is 0 Å². The molecule has 12 heavy (non-hydrogen) atoms. The summed E-state index contributed by atoms with van der Waals surface area (Å²) in [6.07, 6.45) is -0.812. The van der Waals surface area contributed by atoms with Crippen LogP contribution in [0.25, 0.3) is 0 Å². The van der Waals surface area contributed by atoms with Crippen molar-refractivity contribution < 1.29 is 14.2 Å². The summed E-state index contributed by atoms with van der Waals surface area (Å²) in [5, 5.41) is 8.77. The highest BCUT2D eigenvalue weighted by molar-refractivity contribution is 5.15. The fourth-order valence-electron chi connectivity index (χ4n) is 0.844. The molecule has 0 saturated heterocycles. The van der Waals surface area contributed by atoms with Gasteiger partial charge in [0.2, 0.25) is 0 Å². The molecule has 1 aromatic rings. The summed E-state index contributed by atoms with van der Waals surface area (Å²) >= 11 is 0. The van der Waals surface area contributed by atoms with Gasteiger partial charge in [-0.2, -0.15) is 0 Å². The van der Waals surface area contributed by atoms with Crippen LogP contribution >= 0.6 is 0 Å². The van der Waals surface area contributed by atoms with Crippen LogP contribution in [0.4, 0.5) is 4.39 Å². The number of hydrogen-bond donors (Lipinski definition) is 1. The summed E-state index contributed by atoms with van der Waals surface area (Å²) < 4.78 is 17.4. The second kappa shape index (κ2) is 4.18. The molecule has 0 radical (unpaired) electrons. The van der Waals surface area contributed by atoms with E-state index in [-0.39, 0.29) is 12.4 Å². The van der Waals surface area contributed by atoms with E-state index < -0.39 is 6.29 Å². The normalized spacial score (nSPS) is 12.9. The van der Waals surface area contributed by atoms with Crippen LogP contribution in [-0.4, -0.2) is 11.4 Å². The number of hydrogen-bond acceptors (Lipinski definition) is 2. The van der Waals surface area contributed by atoms with Gasteiger partial charge in [0.25, 0.3) is 0 Å². The molecule has 0 bridgehead atoms. The zero-order valence-electron chi connectivity index (χ0n) is 6.83. The molecule has 0 aliphatic rings. The molecule has 66 valence electrons. The Morgan fingerprint density at radius 2 is 2.33 bits per heavy atom. The fraction of sp³-hybridized carbons (Fsp3) is 0.333. The number of halogens is 1. The number of aliphatic hydroxyl groups excluding tert-OH is 1. The highest BCUT2D eigenvalue weighted by Gasteiger charge is 1.97. The van der Waals surface area contributed by atoms with Crippen LogP contribution in [0, 0.1) is 5.82 Å². The predicted molar refractivity (Wildman–Crippen MR) is 42.9 cm³/mol. The van der Waals surface area contributed by atoms with E-state index in [9.17, 15) is 4.39 Å². The van der Waals surface area contributed by atoms with Gasteiger partial charge < -0.3 is 9.84 Å². The topological polar surface area (TPSA) is 29.5 Å². The molecular weight excluding hydrogens is 159 g/mol. The minimum absolute atomic E-state index is 0.232. The molecule has 3 heteroatoms. The Kier molecular flexibility index (Phi) is 3.19. The third kappa shape index (κ3) is 2.98. The molecule has 1 rings (SSSR count). The maximum Gasteiger partial charge on any atom is 0.152 e. The molecule has 2 nitrogen and oxygen atoms in total. The van der Waals surface area contributed by atoms with Crippen LogP contribution in [0.1, 0.15) is 12.5 Å². The molecular formula is C9H11FO2. The van der Waals surface area contributed by atoms with Crippen molar-refractivity contribution in [3.05, 3.63) is 35.6 Å². The first-order chi connectivity index (χ1) is 5.68. The summed E-state index contributed by atoms with van der Waals surface area (Å²) in [4.78, 5) is 0. The van der Waals surface area contributed by atoms with Gasteiger partial charge in [-0.05, 0) is 24.6 Å². The second-order valence-electron chi connectivity index (χ2n) is 2.54. The molecule has 0 aromatic heterocycles. The van der Waals surface area contributed by atoms with Gasteiger partial charge in [-0.15, -0.1) is 0 Å². The third-order valence-corrected chi connectivity index (χ3v) is 1.38. The quantitative estimate of drug-likeness (QED) is 0.699. The van der Waals surface area contributed by atoms with E-state index in [0.717, 1.165) is 5.56 Å². The summed E-state index contributed by atoms with van der Waals surface area (Å²) in [5.41, 5.74) is 0.718. The van der Waals surface area contributed by atoms with Crippen molar-refractivity contribution in [3.8, 4) is 0 Å². The second-order valence-corrected chi connectivity index (χ2v) is 2.54. The molecule has 0 aliphatic carbocycles. The van der Waals surface area contributed by atoms with Crippen LogP contribution in [0.15, 0.2) is 24.3 Å². The lowest BCUT2D eigenvalue weighted by Crippen LogP contribution is -2.05. The van der Waals surface area contributed by atoms with E-state index in [4.69, 9.17) is 9.84 Å². The Bertz CT molecular complexity index is 248. The van der Waals surface area contributed by atoms with Gasteiger partial charge in [0.05, 0.1) is 6.61 Å². The average molecular weight is 170 g/mol. The van der Waals surface area contributed by atoms with E-state index in [0.29, 0.717) is 0 Å². The largest absolute Gasteiger partial charge is 0.368 e. The fourth-order valence-corrected chi connectivity index (χ4v) is 0.844. The Morgan fingerprint density at radius 3 is 2.92 bits per heavy atom. The van der Waals surface area contributed by atoms with Gasteiger partial charge in [-0.3, -0.25) is 0 Å². The highest BCUT2D eigenvalue weighted by atomic mass is 19.1. The highest BCUT2D eigenvalue weighted by Crippen LogP contribution is 2.05. The minimum Gasteiger partial charge on any atom is -0.368 e. The maximum atomic E-state index is 12.6. The van der Waals surface area contributed by atoms with E-state index in [1.165, 1.54) is 19.1 Å². The summed E-state index contributed by atoms with van der Waals surface area (Å²) in [6.45, 7) is 1.74. The number of aliphatic hydroxyl groups is 1. The van der Waals surface area contributed by atoms with Crippen molar-refractivity contribution >= 4 is 0 Å². The molecule has 1 atom stereocenters. The van der Waals surface area contributed by atoms with Gasteiger partial charge in [-0.25, -0.2) is 4.39 Å². The molecule has 0 amide bonds. The molecule has 0 fully saturated rings. The van der Waals surface area contributed by atoms with E-state index in [2.05, 4.69) is 0 Å². The maximum absolute atomic E-state index is 12.6. The Labute approximate surface area is 70.6 Å². The Hall–Kier alpha value is -0.930. The minimum atomic E-state index is -0.812. The monoisotopic (exact) mass is 170 g/mol. The lowest BCUT2D eigenvalue weighted by Gasteiger charge is -2.05. The molecule has 1 unspecified atom stereocenters. The van der Waals surface area contributed by atoms with Crippen molar-refractivity contribution in [2.45, 2.75) is 19.8 Å². The molecule has 0 aliphatic heterocycles. The SMILES string of the molecule is CC(O)OCc1cccc(F)c1. The molecule has 1 aromatic carbocycles. The summed E-state index contributed by atoms with van der Waals surface area (Å²) in [7, 11) is 0. The first-order valence-corrected chi connectivity index (χ1v) is 3.72. The van der Waals surface area contributed by atoms with Gasteiger partial charge >= 0.3 is 0 Å². The van der Waals surface area contributed by atoms with Gasteiger partial charge in [0.1, 0.15) is 5.82 Å². The van der Waals surface area contributed by atoms with E-state index in [1.54, 1.807) is 12.1 Å². The van der Waals surface area contributed by atoms with Crippen LogP contribution in [0.2, 0.25) is 0 Å². The van der Waals surface area contributed by atoms with Crippen molar-refractivity contribution in [2.24, 2.45) is 0 Å². The average Bonchev–Trinajstić information content (AvgIpc) is 2.01. The van der Waals surface area contributed by atoms with Crippen molar-refractivity contribution in [1.82, 2.24) is 0 Å². The van der Waals surface area contributed by atoms with Gasteiger partial charge in [-0.1, -0.05) is 12.1 Å². The number of rotatable bonds is 3. The van der Waals surface area contributed by atoms with Crippen LogP contribution in [0.5, 0.6) is 0 Å². The molecule has 0 heterocycles. The van der Waals surface area contributed by atoms with Crippen LogP contribution in [-0.2, 0) is 11.3 Å². The lowest BCUT2D eigenvalue weighted by atomic mass is 10.2. The molecule has 0 spiro atoms. The summed E-state index contributed by atoms with van der Waals surface area (Å²) in [6, 6.07) is 6.09. The number of ether oxygens (including phenoxy) is 1. The lowest BCUT2D eigenvalue weighted by molar-refractivity contribution is -0.0940. The van der Waals surface area contributed by atoms with E-state index >= 15 is 0 Å². The first-order valence-electron chi connectivity index (χ1n) is 3.72. The zero-order valence-corrected chi connectivity index (χ0v) is 6.83.